The van der Waals surface area contributed by atoms with Gasteiger partial charge in [0.25, 0.3) is 0 Å². The summed E-state index contributed by atoms with van der Waals surface area (Å²) in [5.41, 5.74) is 7.10. The summed E-state index contributed by atoms with van der Waals surface area (Å²) in [6.07, 6.45) is 2.12. The van der Waals surface area contributed by atoms with E-state index in [4.69, 9.17) is 10.5 Å². The number of benzene rings is 1. The first kappa shape index (κ1) is 9.03. The predicted octanol–water partition coefficient (Wildman–Crippen LogP) is 2.41. The number of halogens is 1. The van der Waals surface area contributed by atoms with Crippen LogP contribution in [0.5, 0.6) is 5.75 Å². The van der Waals surface area contributed by atoms with Crippen molar-refractivity contribution in [2.75, 3.05) is 7.11 Å². The van der Waals surface area contributed by atoms with Gasteiger partial charge in [0.15, 0.2) is 0 Å². The lowest BCUT2D eigenvalue weighted by molar-refractivity contribution is 0.404. The Balaban J connectivity index is 2.45. The second-order valence-corrected chi connectivity index (χ2v) is 4.42. The van der Waals surface area contributed by atoms with Crippen LogP contribution in [0.25, 0.3) is 0 Å². The van der Waals surface area contributed by atoms with Crippen LogP contribution in [0, 0.1) is 0 Å². The second kappa shape index (κ2) is 3.00. The van der Waals surface area contributed by atoms with Gasteiger partial charge in [0.1, 0.15) is 5.75 Å². The molecule has 1 aliphatic rings. The zero-order valence-electron chi connectivity index (χ0n) is 7.51. The molecule has 0 heterocycles. The van der Waals surface area contributed by atoms with E-state index in [1.165, 1.54) is 0 Å². The molecule has 0 bridgehead atoms. The third kappa shape index (κ3) is 1.58. The van der Waals surface area contributed by atoms with E-state index >= 15 is 0 Å². The van der Waals surface area contributed by atoms with Gasteiger partial charge in [-0.2, -0.15) is 0 Å². The monoisotopic (exact) mass is 241 g/mol. The normalized spacial score (nSPS) is 18.4. The molecule has 0 radical (unpaired) electrons. The van der Waals surface area contributed by atoms with Crippen LogP contribution in [0.15, 0.2) is 22.7 Å². The summed E-state index contributed by atoms with van der Waals surface area (Å²) in [7, 11) is 1.68. The van der Waals surface area contributed by atoms with E-state index in [0.717, 1.165) is 28.6 Å². The van der Waals surface area contributed by atoms with Crippen LogP contribution in [-0.2, 0) is 5.54 Å². The Hall–Kier alpha value is -0.540. The fraction of sp³-hybridized carbons (Fsp3) is 0.400. The Morgan fingerprint density at radius 3 is 2.69 bits per heavy atom. The number of methoxy groups -OCH3 is 1. The Morgan fingerprint density at radius 1 is 1.46 bits per heavy atom. The fourth-order valence-electron chi connectivity index (χ4n) is 1.48. The third-order valence-corrected chi connectivity index (χ3v) is 2.98. The first-order chi connectivity index (χ1) is 6.15. The minimum Gasteiger partial charge on any atom is -0.496 e. The molecule has 70 valence electrons. The van der Waals surface area contributed by atoms with E-state index in [9.17, 15) is 0 Å². The lowest BCUT2D eigenvalue weighted by Gasteiger charge is -2.14. The summed E-state index contributed by atoms with van der Waals surface area (Å²) in [4.78, 5) is 0. The van der Waals surface area contributed by atoms with Crippen molar-refractivity contribution < 1.29 is 4.74 Å². The van der Waals surface area contributed by atoms with Crippen LogP contribution in [0.1, 0.15) is 18.4 Å². The lowest BCUT2D eigenvalue weighted by atomic mass is 10.1. The van der Waals surface area contributed by atoms with Gasteiger partial charge in [0, 0.05) is 15.6 Å². The van der Waals surface area contributed by atoms with Crippen molar-refractivity contribution >= 4 is 15.9 Å². The molecule has 1 fully saturated rings. The molecule has 2 rings (SSSR count). The third-order valence-electron chi connectivity index (χ3n) is 2.49. The van der Waals surface area contributed by atoms with Crippen molar-refractivity contribution in [1.29, 1.82) is 0 Å². The van der Waals surface area contributed by atoms with Crippen LogP contribution >= 0.6 is 15.9 Å². The molecule has 0 spiro atoms. The van der Waals surface area contributed by atoms with Crippen LogP contribution in [0.4, 0.5) is 0 Å². The lowest BCUT2D eigenvalue weighted by Crippen LogP contribution is -2.19. The standard InChI is InChI=1S/C10H12BrNO/c1-13-9-6-7(11)2-3-8(9)10(12)4-5-10/h2-3,6H,4-5,12H2,1H3. The minimum absolute atomic E-state index is 0.119. The van der Waals surface area contributed by atoms with Crippen LogP contribution < -0.4 is 10.5 Å². The summed E-state index contributed by atoms with van der Waals surface area (Å²) in [6, 6.07) is 6.00. The van der Waals surface area contributed by atoms with Crippen LogP contribution in [0.3, 0.4) is 0 Å². The van der Waals surface area contributed by atoms with Gasteiger partial charge in [-0.3, -0.25) is 0 Å². The molecule has 0 unspecified atom stereocenters. The van der Waals surface area contributed by atoms with Crippen LogP contribution in [0.2, 0.25) is 0 Å². The van der Waals surface area contributed by atoms with Crippen molar-refractivity contribution in [3.63, 3.8) is 0 Å². The Bertz CT molecular complexity index is 334. The van der Waals surface area contributed by atoms with Gasteiger partial charge in [-0.05, 0) is 25.0 Å². The Morgan fingerprint density at radius 2 is 2.15 bits per heavy atom. The maximum absolute atomic E-state index is 6.10. The quantitative estimate of drug-likeness (QED) is 0.864. The molecule has 3 heteroatoms. The largest absolute Gasteiger partial charge is 0.496 e. The Kier molecular flexibility index (Phi) is 2.08. The summed E-state index contributed by atoms with van der Waals surface area (Å²) in [5.74, 6) is 0.884. The van der Waals surface area contributed by atoms with Gasteiger partial charge in [-0.1, -0.05) is 22.0 Å². The van der Waals surface area contributed by atoms with Gasteiger partial charge >= 0.3 is 0 Å². The summed E-state index contributed by atoms with van der Waals surface area (Å²) >= 11 is 3.40. The van der Waals surface area contributed by atoms with Gasteiger partial charge in [0.05, 0.1) is 7.11 Å². The van der Waals surface area contributed by atoms with E-state index < -0.39 is 0 Å². The number of hydrogen-bond donors (Lipinski definition) is 1. The maximum Gasteiger partial charge on any atom is 0.125 e. The Labute approximate surface area is 86.2 Å². The molecule has 0 aromatic heterocycles. The average molecular weight is 242 g/mol. The van der Waals surface area contributed by atoms with E-state index in [0.29, 0.717) is 0 Å². The number of ether oxygens (including phenoxy) is 1. The van der Waals surface area contributed by atoms with Gasteiger partial charge in [-0.15, -0.1) is 0 Å². The smallest absolute Gasteiger partial charge is 0.125 e. The first-order valence-electron chi connectivity index (χ1n) is 4.29. The maximum atomic E-state index is 6.10. The molecule has 2 N–H and O–H groups in total. The number of nitrogens with two attached hydrogens (primary N) is 1. The molecular weight excluding hydrogens is 230 g/mol. The van der Waals surface area contributed by atoms with Gasteiger partial charge in [0.2, 0.25) is 0 Å². The molecule has 1 aliphatic carbocycles. The highest BCUT2D eigenvalue weighted by Gasteiger charge is 2.42. The van der Waals surface area contributed by atoms with Crippen molar-refractivity contribution in [3.05, 3.63) is 28.2 Å². The van der Waals surface area contributed by atoms with E-state index in [1.807, 2.05) is 18.2 Å². The van der Waals surface area contributed by atoms with Crippen LogP contribution in [-0.4, -0.2) is 7.11 Å². The van der Waals surface area contributed by atoms with Crippen molar-refractivity contribution in [3.8, 4) is 5.75 Å². The molecule has 1 saturated carbocycles. The zero-order valence-corrected chi connectivity index (χ0v) is 9.10. The van der Waals surface area contributed by atoms with Gasteiger partial charge < -0.3 is 10.5 Å². The van der Waals surface area contributed by atoms with Crippen molar-refractivity contribution in [2.45, 2.75) is 18.4 Å². The molecule has 1 aromatic rings. The molecule has 0 atom stereocenters. The molecule has 13 heavy (non-hydrogen) atoms. The topological polar surface area (TPSA) is 35.2 Å². The van der Waals surface area contributed by atoms with E-state index in [-0.39, 0.29) is 5.54 Å². The zero-order chi connectivity index (χ0) is 9.47. The van der Waals surface area contributed by atoms with Crippen molar-refractivity contribution in [2.24, 2.45) is 5.73 Å². The first-order valence-corrected chi connectivity index (χ1v) is 5.08. The van der Waals surface area contributed by atoms with E-state index in [1.54, 1.807) is 7.11 Å². The minimum atomic E-state index is -0.119. The average Bonchev–Trinajstić information content (AvgIpc) is 2.84. The SMILES string of the molecule is COc1cc(Br)ccc1C1(N)CC1. The molecule has 0 amide bonds. The van der Waals surface area contributed by atoms with Crippen molar-refractivity contribution in [1.82, 2.24) is 0 Å². The molecule has 2 nitrogen and oxygen atoms in total. The molecule has 0 aliphatic heterocycles. The van der Waals surface area contributed by atoms with E-state index in [2.05, 4.69) is 15.9 Å². The molecule has 0 saturated heterocycles. The molecular formula is C10H12BrNO. The highest BCUT2D eigenvalue weighted by atomic mass is 79.9. The second-order valence-electron chi connectivity index (χ2n) is 3.50. The molecule has 1 aromatic carbocycles. The number of rotatable bonds is 2. The summed E-state index contributed by atoms with van der Waals surface area (Å²) in [6.45, 7) is 0. The highest BCUT2D eigenvalue weighted by Crippen LogP contribution is 2.46. The highest BCUT2D eigenvalue weighted by molar-refractivity contribution is 9.10. The number of hydrogen-bond acceptors (Lipinski definition) is 2. The van der Waals surface area contributed by atoms with Gasteiger partial charge in [-0.25, -0.2) is 0 Å². The summed E-state index contributed by atoms with van der Waals surface area (Å²) in [5, 5.41) is 0. The fourth-order valence-corrected chi connectivity index (χ4v) is 1.82. The summed E-state index contributed by atoms with van der Waals surface area (Å²) < 4.78 is 6.31. The predicted molar refractivity (Wildman–Crippen MR) is 55.8 cm³/mol.